The molecule has 2 aromatic rings. The van der Waals surface area contributed by atoms with E-state index in [9.17, 15) is 9.59 Å². The van der Waals surface area contributed by atoms with Crippen LogP contribution in [0.15, 0.2) is 35.6 Å². The lowest BCUT2D eigenvalue weighted by atomic mass is 10.2. The van der Waals surface area contributed by atoms with E-state index >= 15 is 0 Å². The highest BCUT2D eigenvalue weighted by Crippen LogP contribution is 2.22. The number of thioether (sulfide) groups is 1. The first kappa shape index (κ1) is 18.5. The first-order valence-electron chi connectivity index (χ1n) is 6.80. The summed E-state index contributed by atoms with van der Waals surface area (Å²) in [6, 6.07) is 6.29. The molecule has 0 saturated carbocycles. The zero-order valence-electron chi connectivity index (χ0n) is 12.5. The summed E-state index contributed by atoms with van der Waals surface area (Å²) in [4.78, 5) is 31.1. The topological polar surface area (TPSA) is 92.2 Å². The number of aromatic nitrogens is 2. The molecule has 1 unspecified atom stereocenters. The number of nitrogens with zero attached hydrogens (tertiary/aromatic N) is 2. The SMILES string of the molecule is CC(NC(=O)c1nc(SCc2ccc(Cl)cc2)ncc1Cl)C(=O)O. The largest absolute Gasteiger partial charge is 0.480 e. The molecule has 1 atom stereocenters. The number of halogens is 2. The third-order valence-electron chi connectivity index (χ3n) is 2.94. The van der Waals surface area contributed by atoms with Crippen molar-refractivity contribution in [3.63, 3.8) is 0 Å². The molecule has 0 aliphatic heterocycles. The third-order valence-corrected chi connectivity index (χ3v) is 4.40. The van der Waals surface area contributed by atoms with Crippen molar-refractivity contribution >= 4 is 46.8 Å². The van der Waals surface area contributed by atoms with Crippen molar-refractivity contribution < 1.29 is 14.7 Å². The maximum absolute atomic E-state index is 12.1. The lowest BCUT2D eigenvalue weighted by molar-refractivity contribution is -0.138. The lowest BCUT2D eigenvalue weighted by Gasteiger charge is -2.10. The summed E-state index contributed by atoms with van der Waals surface area (Å²) in [6.45, 7) is 1.35. The minimum Gasteiger partial charge on any atom is -0.480 e. The van der Waals surface area contributed by atoms with Crippen LogP contribution in [0.1, 0.15) is 23.0 Å². The summed E-state index contributed by atoms with van der Waals surface area (Å²) >= 11 is 13.1. The van der Waals surface area contributed by atoms with Gasteiger partial charge in [-0.05, 0) is 24.6 Å². The van der Waals surface area contributed by atoms with Gasteiger partial charge < -0.3 is 10.4 Å². The molecule has 2 N–H and O–H groups in total. The highest BCUT2D eigenvalue weighted by atomic mass is 35.5. The molecule has 126 valence electrons. The van der Waals surface area contributed by atoms with Gasteiger partial charge in [0.15, 0.2) is 10.9 Å². The highest BCUT2D eigenvalue weighted by Gasteiger charge is 2.19. The average Bonchev–Trinajstić information content (AvgIpc) is 2.55. The number of carboxylic acids is 1. The predicted octanol–water partition coefficient (Wildman–Crippen LogP) is 3.28. The van der Waals surface area contributed by atoms with Gasteiger partial charge in [-0.15, -0.1) is 0 Å². The first-order valence-corrected chi connectivity index (χ1v) is 8.54. The van der Waals surface area contributed by atoms with Crippen LogP contribution in [0.5, 0.6) is 0 Å². The fraction of sp³-hybridized carbons (Fsp3) is 0.200. The van der Waals surface area contributed by atoms with Crippen molar-refractivity contribution in [1.29, 1.82) is 0 Å². The molecule has 9 heteroatoms. The van der Waals surface area contributed by atoms with Crippen LogP contribution < -0.4 is 5.32 Å². The zero-order chi connectivity index (χ0) is 17.7. The van der Waals surface area contributed by atoms with Crippen LogP contribution in [0.3, 0.4) is 0 Å². The minimum atomic E-state index is -1.15. The molecular weight excluding hydrogens is 373 g/mol. The van der Waals surface area contributed by atoms with Crippen molar-refractivity contribution in [2.75, 3.05) is 0 Å². The van der Waals surface area contributed by atoms with Crippen LogP contribution in [-0.4, -0.2) is 33.0 Å². The number of aliphatic carboxylic acids is 1. The lowest BCUT2D eigenvalue weighted by Crippen LogP contribution is -2.38. The maximum atomic E-state index is 12.1. The second kappa shape index (κ2) is 8.32. The Labute approximate surface area is 152 Å². The van der Waals surface area contributed by atoms with Crippen molar-refractivity contribution in [3.8, 4) is 0 Å². The Hall–Kier alpha value is -1.83. The van der Waals surface area contributed by atoms with Gasteiger partial charge in [-0.25, -0.2) is 9.97 Å². The predicted molar refractivity (Wildman–Crippen MR) is 92.6 cm³/mol. The molecule has 1 amide bonds. The number of rotatable bonds is 6. The van der Waals surface area contributed by atoms with E-state index in [1.54, 1.807) is 12.1 Å². The summed E-state index contributed by atoms with van der Waals surface area (Å²) in [5.74, 6) is -1.22. The van der Waals surface area contributed by atoms with Crippen molar-refractivity contribution in [3.05, 3.63) is 51.8 Å². The Balaban J connectivity index is 2.08. The van der Waals surface area contributed by atoms with Crippen LogP contribution in [-0.2, 0) is 10.5 Å². The van der Waals surface area contributed by atoms with Crippen LogP contribution in [0.2, 0.25) is 10.0 Å². The number of hydrogen-bond donors (Lipinski definition) is 2. The fourth-order valence-corrected chi connectivity index (χ4v) is 2.71. The highest BCUT2D eigenvalue weighted by molar-refractivity contribution is 7.98. The van der Waals surface area contributed by atoms with Gasteiger partial charge in [0.2, 0.25) is 0 Å². The Morgan fingerprint density at radius 2 is 1.96 bits per heavy atom. The minimum absolute atomic E-state index is 0.0564. The van der Waals surface area contributed by atoms with E-state index in [-0.39, 0.29) is 10.7 Å². The van der Waals surface area contributed by atoms with Gasteiger partial charge in [0.25, 0.3) is 5.91 Å². The number of hydrogen-bond acceptors (Lipinski definition) is 5. The standard InChI is InChI=1S/C15H13Cl2N3O3S/c1-8(14(22)23)19-13(21)12-11(17)6-18-15(20-12)24-7-9-2-4-10(16)5-3-9/h2-6,8H,7H2,1H3,(H,19,21)(H,22,23). The van der Waals surface area contributed by atoms with Crippen molar-refractivity contribution in [2.24, 2.45) is 0 Å². The second-order valence-corrected chi connectivity index (χ2v) is 6.58. The molecule has 24 heavy (non-hydrogen) atoms. The number of carbonyl (C=O) groups excluding carboxylic acids is 1. The molecular formula is C15H13Cl2N3O3S. The molecule has 0 saturated heterocycles. The van der Waals surface area contributed by atoms with E-state index in [0.29, 0.717) is 15.9 Å². The molecule has 0 spiro atoms. The smallest absolute Gasteiger partial charge is 0.325 e. The van der Waals surface area contributed by atoms with Crippen molar-refractivity contribution in [2.45, 2.75) is 23.9 Å². The molecule has 0 bridgehead atoms. The van der Waals surface area contributed by atoms with Crippen LogP contribution in [0, 0.1) is 0 Å². The Morgan fingerprint density at radius 1 is 1.29 bits per heavy atom. The van der Waals surface area contributed by atoms with Gasteiger partial charge in [-0.2, -0.15) is 0 Å². The van der Waals surface area contributed by atoms with Gasteiger partial charge in [0.1, 0.15) is 6.04 Å². The monoisotopic (exact) mass is 385 g/mol. The van der Waals surface area contributed by atoms with Gasteiger partial charge in [-0.3, -0.25) is 9.59 Å². The Bertz CT molecular complexity index is 756. The molecule has 6 nitrogen and oxygen atoms in total. The molecule has 0 aliphatic rings. The summed E-state index contributed by atoms with van der Waals surface area (Å²) < 4.78 is 0. The summed E-state index contributed by atoms with van der Waals surface area (Å²) in [5.41, 5.74) is 0.965. The Morgan fingerprint density at radius 3 is 2.58 bits per heavy atom. The summed E-state index contributed by atoms with van der Waals surface area (Å²) in [7, 11) is 0. The van der Waals surface area contributed by atoms with E-state index in [2.05, 4.69) is 15.3 Å². The van der Waals surface area contributed by atoms with Gasteiger partial charge in [0, 0.05) is 10.8 Å². The zero-order valence-corrected chi connectivity index (χ0v) is 14.8. The third kappa shape index (κ3) is 5.09. The number of carboxylic acid groups (broad SMARTS) is 1. The molecule has 0 fully saturated rings. The normalized spacial score (nSPS) is 11.8. The summed E-state index contributed by atoms with van der Waals surface area (Å²) in [5, 5.41) is 12.2. The van der Waals surface area contributed by atoms with E-state index in [4.69, 9.17) is 28.3 Å². The molecule has 0 aliphatic carbocycles. The summed E-state index contributed by atoms with van der Waals surface area (Å²) in [6.07, 6.45) is 1.32. The van der Waals surface area contributed by atoms with E-state index in [1.165, 1.54) is 24.9 Å². The first-order chi connectivity index (χ1) is 11.4. The van der Waals surface area contributed by atoms with Gasteiger partial charge in [-0.1, -0.05) is 47.1 Å². The fourth-order valence-electron chi connectivity index (χ4n) is 1.63. The van der Waals surface area contributed by atoms with E-state index < -0.39 is 17.9 Å². The number of amides is 1. The van der Waals surface area contributed by atoms with E-state index in [1.807, 2.05) is 12.1 Å². The molecule has 1 aromatic heterocycles. The number of benzene rings is 1. The molecule has 1 aromatic carbocycles. The molecule has 2 rings (SSSR count). The molecule has 0 radical (unpaired) electrons. The maximum Gasteiger partial charge on any atom is 0.325 e. The van der Waals surface area contributed by atoms with Crippen LogP contribution in [0.4, 0.5) is 0 Å². The number of carbonyl (C=O) groups is 2. The van der Waals surface area contributed by atoms with Gasteiger partial charge in [0.05, 0.1) is 11.2 Å². The average molecular weight is 386 g/mol. The van der Waals surface area contributed by atoms with E-state index in [0.717, 1.165) is 5.56 Å². The van der Waals surface area contributed by atoms with Crippen LogP contribution >= 0.6 is 35.0 Å². The van der Waals surface area contributed by atoms with Crippen LogP contribution in [0.25, 0.3) is 0 Å². The Kier molecular flexibility index (Phi) is 6.42. The van der Waals surface area contributed by atoms with Crippen molar-refractivity contribution in [1.82, 2.24) is 15.3 Å². The quantitative estimate of drug-likeness (QED) is 0.585. The molecule has 1 heterocycles. The second-order valence-electron chi connectivity index (χ2n) is 4.80. The van der Waals surface area contributed by atoms with Gasteiger partial charge >= 0.3 is 5.97 Å². The number of nitrogens with one attached hydrogen (secondary N) is 1.